The van der Waals surface area contributed by atoms with E-state index >= 15 is 0 Å². The highest BCUT2D eigenvalue weighted by Gasteiger charge is 2.19. The molecule has 0 aliphatic heterocycles. The van der Waals surface area contributed by atoms with Crippen molar-refractivity contribution in [1.29, 1.82) is 5.26 Å². The van der Waals surface area contributed by atoms with E-state index in [4.69, 9.17) is 15.9 Å². The first-order valence-electron chi connectivity index (χ1n) is 3.23. The Balaban J connectivity index is 3.68. The topological polar surface area (TPSA) is 57.9 Å². The van der Waals surface area contributed by atoms with Gasteiger partial charge in [-0.25, -0.2) is 12.8 Å². The third-order valence-electron chi connectivity index (χ3n) is 1.41. The van der Waals surface area contributed by atoms with Crippen LogP contribution in [0.3, 0.4) is 0 Å². The molecule has 0 fully saturated rings. The Hall–Kier alpha value is -0.770. The van der Waals surface area contributed by atoms with Crippen LogP contribution in [0.25, 0.3) is 0 Å². The maximum Gasteiger partial charge on any atom is 0.262 e. The maximum atomic E-state index is 13.0. The Kier molecular flexibility index (Phi) is 3.04. The van der Waals surface area contributed by atoms with Crippen molar-refractivity contribution in [3.8, 4) is 6.07 Å². The zero-order valence-electron chi connectivity index (χ0n) is 6.53. The summed E-state index contributed by atoms with van der Waals surface area (Å²) in [4.78, 5) is -0.479. The average molecular weight is 252 g/mol. The molecular formula is C7H3ClFNO2S2. The number of nitriles is 1. The lowest BCUT2D eigenvalue weighted by molar-refractivity contribution is 0.598. The second-order valence-electron chi connectivity index (χ2n) is 2.35. The van der Waals surface area contributed by atoms with E-state index in [1.807, 2.05) is 0 Å². The third-order valence-corrected chi connectivity index (χ3v) is 3.02. The van der Waals surface area contributed by atoms with Crippen molar-refractivity contribution >= 4 is 32.4 Å². The first kappa shape index (κ1) is 11.3. The average Bonchev–Trinajstić information content (AvgIpc) is 2.01. The summed E-state index contributed by atoms with van der Waals surface area (Å²) < 4.78 is 34.9. The van der Waals surface area contributed by atoms with Crippen molar-refractivity contribution in [2.45, 2.75) is 9.79 Å². The number of hydrogen-bond donors (Lipinski definition) is 1. The Morgan fingerprint density at radius 3 is 2.50 bits per heavy atom. The summed E-state index contributed by atoms with van der Waals surface area (Å²) in [5.41, 5.74) is -0.599. The molecule has 0 atom stereocenters. The van der Waals surface area contributed by atoms with E-state index in [9.17, 15) is 12.8 Å². The molecule has 1 aromatic carbocycles. The number of hydrogen-bond acceptors (Lipinski definition) is 4. The van der Waals surface area contributed by atoms with Gasteiger partial charge in [0.1, 0.15) is 22.3 Å². The Bertz CT molecular complexity index is 521. The zero-order valence-corrected chi connectivity index (χ0v) is 9.00. The SMILES string of the molecule is N#Cc1c(F)cc(S)cc1S(=O)(=O)Cl. The van der Waals surface area contributed by atoms with Crippen molar-refractivity contribution < 1.29 is 12.8 Å². The lowest BCUT2D eigenvalue weighted by atomic mass is 10.2. The minimum atomic E-state index is -4.13. The molecule has 0 saturated carbocycles. The van der Waals surface area contributed by atoms with E-state index in [1.54, 1.807) is 0 Å². The number of nitrogens with zero attached hydrogens (tertiary/aromatic N) is 1. The van der Waals surface area contributed by atoms with E-state index < -0.39 is 25.3 Å². The fraction of sp³-hybridized carbons (Fsp3) is 0. The summed E-state index contributed by atoms with van der Waals surface area (Å²) in [6.07, 6.45) is 0. The van der Waals surface area contributed by atoms with Crippen molar-refractivity contribution in [2.24, 2.45) is 0 Å². The van der Waals surface area contributed by atoms with Gasteiger partial charge in [0.05, 0.1) is 0 Å². The van der Waals surface area contributed by atoms with Gasteiger partial charge in [-0.3, -0.25) is 0 Å². The second kappa shape index (κ2) is 3.77. The first-order chi connectivity index (χ1) is 6.36. The van der Waals surface area contributed by atoms with Gasteiger partial charge in [0.15, 0.2) is 0 Å². The highest BCUT2D eigenvalue weighted by molar-refractivity contribution is 8.13. The maximum absolute atomic E-state index is 13.0. The van der Waals surface area contributed by atoms with E-state index in [1.165, 1.54) is 6.07 Å². The molecule has 3 nitrogen and oxygen atoms in total. The molecule has 74 valence electrons. The van der Waals surface area contributed by atoms with Gasteiger partial charge >= 0.3 is 0 Å². The molecule has 1 aromatic rings. The zero-order chi connectivity index (χ0) is 10.9. The van der Waals surface area contributed by atoms with Gasteiger partial charge in [0.2, 0.25) is 0 Å². The monoisotopic (exact) mass is 251 g/mol. The minimum Gasteiger partial charge on any atom is -0.207 e. The summed E-state index contributed by atoms with van der Waals surface area (Å²) in [5.74, 6) is -0.959. The molecule has 14 heavy (non-hydrogen) atoms. The summed E-state index contributed by atoms with van der Waals surface area (Å²) in [5, 5.41) is 8.52. The standard InChI is InChI=1S/C7H3ClFNO2S2/c8-14(11,12)7-2-4(13)1-6(9)5(7)3-10/h1-2,13H. The van der Waals surface area contributed by atoms with Gasteiger partial charge < -0.3 is 0 Å². The molecule has 0 aliphatic rings. The quantitative estimate of drug-likeness (QED) is 0.613. The van der Waals surface area contributed by atoms with Crippen LogP contribution in [0.1, 0.15) is 5.56 Å². The smallest absolute Gasteiger partial charge is 0.207 e. The van der Waals surface area contributed by atoms with E-state index in [0.29, 0.717) is 0 Å². The fourth-order valence-corrected chi connectivity index (χ4v) is 2.22. The van der Waals surface area contributed by atoms with E-state index in [-0.39, 0.29) is 4.90 Å². The molecule has 0 radical (unpaired) electrons. The minimum absolute atomic E-state index is 0.0840. The van der Waals surface area contributed by atoms with Crippen LogP contribution in [0.5, 0.6) is 0 Å². The van der Waals surface area contributed by atoms with Crippen LogP contribution in [0.2, 0.25) is 0 Å². The Morgan fingerprint density at radius 2 is 2.07 bits per heavy atom. The molecule has 0 spiro atoms. The molecule has 0 aromatic heterocycles. The fourth-order valence-electron chi connectivity index (χ4n) is 0.869. The van der Waals surface area contributed by atoms with Crippen LogP contribution in [-0.2, 0) is 9.05 Å². The first-order valence-corrected chi connectivity index (χ1v) is 5.99. The van der Waals surface area contributed by atoms with Crippen molar-refractivity contribution in [3.05, 3.63) is 23.5 Å². The van der Waals surface area contributed by atoms with Crippen LogP contribution in [-0.4, -0.2) is 8.42 Å². The van der Waals surface area contributed by atoms with Gasteiger partial charge in [0, 0.05) is 15.6 Å². The normalized spacial score (nSPS) is 11.0. The largest absolute Gasteiger partial charge is 0.262 e. The molecule has 0 bridgehead atoms. The Labute approximate surface area is 89.9 Å². The highest BCUT2D eigenvalue weighted by atomic mass is 35.7. The van der Waals surface area contributed by atoms with Crippen molar-refractivity contribution in [2.75, 3.05) is 0 Å². The highest BCUT2D eigenvalue weighted by Crippen LogP contribution is 2.25. The molecule has 0 unspecified atom stereocenters. The van der Waals surface area contributed by atoms with Crippen LogP contribution < -0.4 is 0 Å². The number of thiol groups is 1. The van der Waals surface area contributed by atoms with Crippen LogP contribution in [0, 0.1) is 17.1 Å². The van der Waals surface area contributed by atoms with E-state index in [0.717, 1.165) is 12.1 Å². The van der Waals surface area contributed by atoms with Gasteiger partial charge in [-0.05, 0) is 12.1 Å². The molecule has 0 N–H and O–H groups in total. The lowest BCUT2D eigenvalue weighted by Crippen LogP contribution is -1.98. The van der Waals surface area contributed by atoms with Gasteiger partial charge in [0.25, 0.3) is 9.05 Å². The predicted molar refractivity (Wildman–Crippen MR) is 51.4 cm³/mol. The van der Waals surface area contributed by atoms with E-state index in [2.05, 4.69) is 12.6 Å². The molecule has 0 aliphatic carbocycles. The van der Waals surface area contributed by atoms with Crippen LogP contribution in [0.15, 0.2) is 21.9 Å². The van der Waals surface area contributed by atoms with Crippen molar-refractivity contribution in [3.63, 3.8) is 0 Å². The van der Waals surface area contributed by atoms with Gasteiger partial charge in [-0.1, -0.05) is 0 Å². The molecular weight excluding hydrogens is 249 g/mol. The summed E-state index contributed by atoms with van der Waals surface area (Å²) in [7, 11) is 0.877. The Morgan fingerprint density at radius 1 is 1.50 bits per heavy atom. The van der Waals surface area contributed by atoms with Crippen molar-refractivity contribution in [1.82, 2.24) is 0 Å². The number of rotatable bonds is 1. The molecule has 7 heteroatoms. The number of halogens is 2. The van der Waals surface area contributed by atoms with Gasteiger partial charge in [-0.2, -0.15) is 5.26 Å². The molecule has 0 saturated heterocycles. The predicted octanol–water partition coefficient (Wildman–Crippen LogP) is 1.91. The van der Waals surface area contributed by atoms with Gasteiger partial charge in [-0.15, -0.1) is 12.6 Å². The molecule has 0 amide bonds. The summed E-state index contributed by atoms with van der Waals surface area (Å²) >= 11 is 3.77. The number of benzene rings is 1. The lowest BCUT2D eigenvalue weighted by Gasteiger charge is -2.01. The summed E-state index contributed by atoms with van der Waals surface area (Å²) in [6, 6.07) is 3.38. The summed E-state index contributed by atoms with van der Waals surface area (Å²) in [6.45, 7) is 0. The third kappa shape index (κ3) is 2.18. The molecule has 1 rings (SSSR count). The second-order valence-corrected chi connectivity index (χ2v) is 5.40. The van der Waals surface area contributed by atoms with Crippen LogP contribution in [0.4, 0.5) is 4.39 Å². The molecule has 0 heterocycles. The van der Waals surface area contributed by atoms with Crippen LogP contribution >= 0.6 is 23.3 Å².